The molecule has 1 N–H and O–H groups in total. The van der Waals surface area contributed by atoms with E-state index in [0.29, 0.717) is 17.0 Å². The number of rotatable bonds is 2. The first-order chi connectivity index (χ1) is 6.25. The maximum Gasteiger partial charge on any atom is 0.343 e. The summed E-state index contributed by atoms with van der Waals surface area (Å²) in [6, 6.07) is 3.57. The first-order valence-electron chi connectivity index (χ1n) is 3.60. The normalized spacial score (nSPS) is 10.5. The Balaban J connectivity index is 2.24. The summed E-state index contributed by atoms with van der Waals surface area (Å²) in [6.07, 6.45) is 1.43. The van der Waals surface area contributed by atoms with Crippen molar-refractivity contribution in [3.8, 4) is 0 Å². The van der Waals surface area contributed by atoms with E-state index in [1.807, 2.05) is 0 Å². The van der Waals surface area contributed by atoms with Crippen LogP contribution >= 0.6 is 15.9 Å². The lowest BCUT2D eigenvalue weighted by Crippen LogP contribution is -2.16. The summed E-state index contributed by atoms with van der Waals surface area (Å²) in [7, 11) is 0. The number of nitrogens with one attached hydrogen (secondary N) is 1. The molecule has 13 heavy (non-hydrogen) atoms. The fourth-order valence-electron chi connectivity index (χ4n) is 0.988. The molecule has 0 saturated carbocycles. The van der Waals surface area contributed by atoms with Crippen LogP contribution in [0.1, 0.15) is 5.76 Å². The van der Waals surface area contributed by atoms with E-state index < -0.39 is 0 Å². The molecule has 0 aliphatic heterocycles. The molecule has 0 radical (unpaired) electrons. The molecule has 0 fully saturated rings. The molecule has 0 aliphatic carbocycles. The molecule has 2 rings (SSSR count). The summed E-state index contributed by atoms with van der Waals surface area (Å²) in [4.78, 5) is 11.0. The Kier molecular flexibility index (Phi) is 2.05. The fourth-order valence-corrected chi connectivity index (χ4v) is 1.33. The van der Waals surface area contributed by atoms with E-state index in [-0.39, 0.29) is 5.69 Å². The molecule has 0 atom stereocenters. The van der Waals surface area contributed by atoms with E-state index in [0.717, 1.165) is 0 Å². The SMILES string of the molecule is O=c1[nH]ncn1Cc1ccc(Br)o1. The number of furan rings is 1. The van der Waals surface area contributed by atoms with Gasteiger partial charge in [0.1, 0.15) is 12.1 Å². The van der Waals surface area contributed by atoms with Crippen LogP contribution in [-0.2, 0) is 6.54 Å². The number of H-pyrrole nitrogens is 1. The molecule has 5 nitrogen and oxygen atoms in total. The van der Waals surface area contributed by atoms with Crippen molar-refractivity contribution in [2.75, 3.05) is 0 Å². The molecule has 0 unspecified atom stereocenters. The van der Waals surface area contributed by atoms with E-state index in [4.69, 9.17) is 4.42 Å². The Bertz CT molecular complexity index is 456. The second-order valence-corrected chi connectivity index (χ2v) is 3.28. The van der Waals surface area contributed by atoms with Crippen molar-refractivity contribution in [1.29, 1.82) is 0 Å². The lowest BCUT2D eigenvalue weighted by molar-refractivity contribution is 0.471. The Morgan fingerprint density at radius 2 is 2.46 bits per heavy atom. The lowest BCUT2D eigenvalue weighted by atomic mass is 10.4. The van der Waals surface area contributed by atoms with Crippen LogP contribution in [0.3, 0.4) is 0 Å². The van der Waals surface area contributed by atoms with Gasteiger partial charge in [0.2, 0.25) is 0 Å². The lowest BCUT2D eigenvalue weighted by Gasteiger charge is -1.94. The summed E-state index contributed by atoms with van der Waals surface area (Å²) < 4.78 is 7.30. The van der Waals surface area contributed by atoms with Gasteiger partial charge in [0.25, 0.3) is 0 Å². The van der Waals surface area contributed by atoms with Crippen LogP contribution in [0.4, 0.5) is 0 Å². The van der Waals surface area contributed by atoms with Crippen molar-refractivity contribution in [1.82, 2.24) is 14.8 Å². The van der Waals surface area contributed by atoms with Crippen molar-refractivity contribution in [2.45, 2.75) is 6.54 Å². The van der Waals surface area contributed by atoms with Crippen molar-refractivity contribution in [3.05, 3.63) is 39.4 Å². The molecule has 0 spiro atoms. The molecule has 0 bridgehead atoms. The molecule has 0 aliphatic rings. The minimum absolute atomic E-state index is 0.243. The minimum atomic E-state index is -0.243. The van der Waals surface area contributed by atoms with E-state index in [9.17, 15) is 4.79 Å². The molecule has 0 amide bonds. The summed E-state index contributed by atoms with van der Waals surface area (Å²) in [5, 5.41) is 5.90. The predicted molar refractivity (Wildman–Crippen MR) is 48.4 cm³/mol. The number of aromatic amines is 1. The summed E-state index contributed by atoms with van der Waals surface area (Å²) in [5.41, 5.74) is -0.243. The van der Waals surface area contributed by atoms with Gasteiger partial charge in [-0.05, 0) is 28.1 Å². The third-order valence-corrected chi connectivity index (χ3v) is 2.00. The highest BCUT2D eigenvalue weighted by Crippen LogP contribution is 2.14. The van der Waals surface area contributed by atoms with Crippen molar-refractivity contribution < 1.29 is 4.42 Å². The van der Waals surface area contributed by atoms with Gasteiger partial charge in [-0.3, -0.25) is 4.57 Å². The summed E-state index contributed by atoms with van der Waals surface area (Å²) >= 11 is 3.18. The first-order valence-corrected chi connectivity index (χ1v) is 4.39. The van der Waals surface area contributed by atoms with Crippen molar-refractivity contribution in [3.63, 3.8) is 0 Å². The van der Waals surface area contributed by atoms with Crippen LogP contribution in [0.5, 0.6) is 0 Å². The molecule has 0 aromatic carbocycles. The maximum absolute atomic E-state index is 11.0. The second-order valence-electron chi connectivity index (χ2n) is 2.50. The van der Waals surface area contributed by atoms with Crippen LogP contribution < -0.4 is 5.69 Å². The zero-order valence-electron chi connectivity index (χ0n) is 6.53. The minimum Gasteiger partial charge on any atom is -0.452 e. The van der Waals surface area contributed by atoms with Gasteiger partial charge >= 0.3 is 5.69 Å². The highest BCUT2D eigenvalue weighted by Gasteiger charge is 2.02. The van der Waals surface area contributed by atoms with Crippen LogP contribution in [-0.4, -0.2) is 14.8 Å². The van der Waals surface area contributed by atoms with Crippen LogP contribution in [0.2, 0.25) is 0 Å². The standard InChI is InChI=1S/C7H6BrN3O2/c8-6-2-1-5(13-6)3-11-4-9-10-7(11)12/h1-2,4H,3H2,(H,10,12). The van der Waals surface area contributed by atoms with Gasteiger partial charge in [-0.25, -0.2) is 9.89 Å². The fraction of sp³-hybridized carbons (Fsp3) is 0.143. The van der Waals surface area contributed by atoms with E-state index in [2.05, 4.69) is 26.1 Å². The largest absolute Gasteiger partial charge is 0.452 e. The van der Waals surface area contributed by atoms with Gasteiger partial charge in [-0.1, -0.05) is 0 Å². The monoisotopic (exact) mass is 243 g/mol. The van der Waals surface area contributed by atoms with E-state index >= 15 is 0 Å². The Morgan fingerprint density at radius 3 is 3.00 bits per heavy atom. The molecule has 2 aromatic heterocycles. The topological polar surface area (TPSA) is 63.8 Å². The van der Waals surface area contributed by atoms with E-state index in [1.165, 1.54) is 10.9 Å². The average molecular weight is 244 g/mol. The molecular formula is C7H6BrN3O2. The number of hydrogen-bond acceptors (Lipinski definition) is 3. The Hall–Kier alpha value is -1.30. The second kappa shape index (κ2) is 3.21. The summed E-state index contributed by atoms with van der Waals surface area (Å²) in [5.74, 6) is 0.704. The molecule has 2 heterocycles. The third kappa shape index (κ3) is 1.72. The number of hydrogen-bond donors (Lipinski definition) is 1. The van der Waals surface area contributed by atoms with Crippen LogP contribution in [0.25, 0.3) is 0 Å². The first kappa shape index (κ1) is 8.31. The number of nitrogens with zero attached hydrogens (tertiary/aromatic N) is 2. The Morgan fingerprint density at radius 1 is 1.62 bits per heavy atom. The van der Waals surface area contributed by atoms with Crippen LogP contribution in [0.15, 0.2) is 32.3 Å². The molecule has 6 heteroatoms. The number of halogens is 1. The highest BCUT2D eigenvalue weighted by atomic mass is 79.9. The van der Waals surface area contributed by atoms with Crippen molar-refractivity contribution in [2.24, 2.45) is 0 Å². The van der Waals surface area contributed by atoms with Gasteiger partial charge in [0.05, 0.1) is 6.54 Å². The van der Waals surface area contributed by atoms with Crippen LogP contribution in [0, 0.1) is 0 Å². The third-order valence-electron chi connectivity index (χ3n) is 1.57. The zero-order chi connectivity index (χ0) is 9.26. The molecule has 68 valence electrons. The van der Waals surface area contributed by atoms with Gasteiger partial charge in [0.15, 0.2) is 4.67 Å². The highest BCUT2D eigenvalue weighted by molar-refractivity contribution is 9.10. The number of aromatic nitrogens is 3. The summed E-state index contributed by atoms with van der Waals surface area (Å²) in [6.45, 7) is 0.390. The predicted octanol–water partition coefficient (Wildman–Crippen LogP) is 0.975. The molecular weight excluding hydrogens is 238 g/mol. The molecule has 0 saturated heterocycles. The quantitative estimate of drug-likeness (QED) is 0.856. The molecule has 2 aromatic rings. The smallest absolute Gasteiger partial charge is 0.343 e. The maximum atomic E-state index is 11.0. The van der Waals surface area contributed by atoms with Gasteiger partial charge in [-0.2, -0.15) is 5.10 Å². The van der Waals surface area contributed by atoms with Gasteiger partial charge in [0, 0.05) is 0 Å². The Labute approximate surface area is 81.5 Å². The van der Waals surface area contributed by atoms with E-state index in [1.54, 1.807) is 12.1 Å². The van der Waals surface area contributed by atoms with Gasteiger partial charge < -0.3 is 4.42 Å². The van der Waals surface area contributed by atoms with Crippen molar-refractivity contribution >= 4 is 15.9 Å². The van der Waals surface area contributed by atoms with Gasteiger partial charge in [-0.15, -0.1) is 0 Å². The average Bonchev–Trinajstić information content (AvgIpc) is 2.64. The zero-order valence-corrected chi connectivity index (χ0v) is 8.11.